The molecule has 1 rings (SSSR count). The summed E-state index contributed by atoms with van der Waals surface area (Å²) >= 11 is 0. The number of carbonyl (C=O) groups is 1. The number of nitrogens with zero attached hydrogens (tertiary/aromatic N) is 1. The standard InChI is InChI=1S/C10H19NO3/c1-13-8-4-7-11-6-3-5-9(11)10(12)14-2/h9H,3-8H2,1-2H3. The van der Waals surface area contributed by atoms with E-state index >= 15 is 0 Å². The number of methoxy groups -OCH3 is 2. The maximum absolute atomic E-state index is 11.4. The first-order valence-electron chi connectivity index (χ1n) is 5.10. The van der Waals surface area contributed by atoms with Crippen molar-refractivity contribution in [1.29, 1.82) is 0 Å². The molecule has 0 amide bonds. The van der Waals surface area contributed by atoms with E-state index in [9.17, 15) is 4.79 Å². The first-order valence-corrected chi connectivity index (χ1v) is 5.10. The zero-order valence-corrected chi connectivity index (χ0v) is 8.99. The third-order valence-corrected chi connectivity index (χ3v) is 2.63. The minimum Gasteiger partial charge on any atom is -0.468 e. The van der Waals surface area contributed by atoms with E-state index in [4.69, 9.17) is 9.47 Å². The topological polar surface area (TPSA) is 38.8 Å². The molecule has 0 aliphatic carbocycles. The second-order valence-corrected chi connectivity index (χ2v) is 3.56. The van der Waals surface area contributed by atoms with Gasteiger partial charge in [0.05, 0.1) is 7.11 Å². The number of likely N-dealkylation sites (tertiary alicyclic amines) is 1. The number of ether oxygens (including phenoxy) is 2. The Morgan fingerprint density at radius 3 is 2.93 bits per heavy atom. The minimum atomic E-state index is -0.0973. The lowest BCUT2D eigenvalue weighted by Gasteiger charge is -2.21. The molecule has 1 fully saturated rings. The summed E-state index contributed by atoms with van der Waals surface area (Å²) in [6.07, 6.45) is 3.00. The van der Waals surface area contributed by atoms with Gasteiger partial charge in [0.25, 0.3) is 0 Å². The maximum Gasteiger partial charge on any atom is 0.323 e. The molecule has 1 saturated heterocycles. The number of hydrogen-bond acceptors (Lipinski definition) is 4. The fourth-order valence-corrected chi connectivity index (χ4v) is 1.91. The van der Waals surface area contributed by atoms with Gasteiger partial charge in [0.15, 0.2) is 0 Å². The van der Waals surface area contributed by atoms with E-state index in [1.165, 1.54) is 7.11 Å². The monoisotopic (exact) mass is 201 g/mol. The Labute approximate surface area is 85.2 Å². The largest absolute Gasteiger partial charge is 0.468 e. The summed E-state index contributed by atoms with van der Waals surface area (Å²) in [6, 6.07) is -0.0168. The van der Waals surface area contributed by atoms with Crippen LogP contribution in [0, 0.1) is 0 Å². The van der Waals surface area contributed by atoms with Crippen molar-refractivity contribution in [3.63, 3.8) is 0 Å². The molecule has 0 aromatic carbocycles. The molecular formula is C10H19NO3. The normalized spacial score (nSPS) is 22.6. The van der Waals surface area contributed by atoms with E-state index in [-0.39, 0.29) is 12.0 Å². The average molecular weight is 201 g/mol. The number of esters is 1. The van der Waals surface area contributed by atoms with Gasteiger partial charge in [0.1, 0.15) is 6.04 Å². The van der Waals surface area contributed by atoms with Crippen LogP contribution in [0.1, 0.15) is 19.3 Å². The van der Waals surface area contributed by atoms with E-state index < -0.39 is 0 Å². The van der Waals surface area contributed by atoms with Crippen LogP contribution < -0.4 is 0 Å². The SMILES string of the molecule is COCCCN1CCCC1C(=O)OC. The zero-order valence-electron chi connectivity index (χ0n) is 8.99. The smallest absolute Gasteiger partial charge is 0.323 e. The Kier molecular flexibility index (Phi) is 4.90. The van der Waals surface area contributed by atoms with Crippen LogP contribution in [0.15, 0.2) is 0 Å². The van der Waals surface area contributed by atoms with Gasteiger partial charge < -0.3 is 9.47 Å². The predicted molar refractivity (Wildman–Crippen MR) is 53.1 cm³/mol. The molecule has 1 heterocycles. The van der Waals surface area contributed by atoms with Gasteiger partial charge in [0.2, 0.25) is 0 Å². The molecule has 1 unspecified atom stereocenters. The Morgan fingerprint density at radius 2 is 2.29 bits per heavy atom. The fraction of sp³-hybridized carbons (Fsp3) is 0.900. The van der Waals surface area contributed by atoms with Crippen LogP contribution in [-0.2, 0) is 14.3 Å². The van der Waals surface area contributed by atoms with Gasteiger partial charge in [-0.25, -0.2) is 0 Å². The summed E-state index contributed by atoms with van der Waals surface area (Å²) in [6.45, 7) is 2.68. The van der Waals surface area contributed by atoms with E-state index in [2.05, 4.69) is 4.90 Å². The van der Waals surface area contributed by atoms with Gasteiger partial charge in [-0.3, -0.25) is 9.69 Å². The van der Waals surface area contributed by atoms with Crippen molar-refractivity contribution in [2.24, 2.45) is 0 Å². The Hall–Kier alpha value is -0.610. The van der Waals surface area contributed by atoms with Gasteiger partial charge in [-0.05, 0) is 25.8 Å². The maximum atomic E-state index is 11.4. The number of hydrogen-bond donors (Lipinski definition) is 0. The Balaban J connectivity index is 2.31. The first kappa shape index (κ1) is 11.5. The second kappa shape index (κ2) is 5.98. The van der Waals surface area contributed by atoms with Crippen molar-refractivity contribution in [3.05, 3.63) is 0 Å². The fourth-order valence-electron chi connectivity index (χ4n) is 1.91. The van der Waals surface area contributed by atoms with Crippen LogP contribution in [0.3, 0.4) is 0 Å². The molecule has 0 bridgehead atoms. The number of rotatable bonds is 5. The van der Waals surface area contributed by atoms with Crippen LogP contribution >= 0.6 is 0 Å². The van der Waals surface area contributed by atoms with Crippen LogP contribution in [-0.4, -0.2) is 50.8 Å². The summed E-state index contributed by atoms with van der Waals surface area (Å²) in [5.41, 5.74) is 0. The molecule has 82 valence electrons. The molecule has 4 heteroatoms. The third kappa shape index (κ3) is 2.96. The molecule has 1 aliphatic rings. The van der Waals surface area contributed by atoms with Gasteiger partial charge >= 0.3 is 5.97 Å². The first-order chi connectivity index (χ1) is 6.79. The highest BCUT2D eigenvalue weighted by Crippen LogP contribution is 2.18. The molecule has 4 nitrogen and oxygen atoms in total. The third-order valence-electron chi connectivity index (χ3n) is 2.63. The summed E-state index contributed by atoms with van der Waals surface area (Å²) in [5.74, 6) is -0.0973. The van der Waals surface area contributed by atoms with Crippen molar-refractivity contribution < 1.29 is 14.3 Å². The van der Waals surface area contributed by atoms with Crippen molar-refractivity contribution >= 4 is 5.97 Å². The molecular weight excluding hydrogens is 182 g/mol. The average Bonchev–Trinajstić information content (AvgIpc) is 2.65. The Bertz CT molecular complexity index is 184. The van der Waals surface area contributed by atoms with Crippen molar-refractivity contribution in [2.45, 2.75) is 25.3 Å². The van der Waals surface area contributed by atoms with Crippen LogP contribution in [0.5, 0.6) is 0 Å². The lowest BCUT2D eigenvalue weighted by Crippen LogP contribution is -2.37. The quantitative estimate of drug-likeness (QED) is 0.484. The van der Waals surface area contributed by atoms with E-state index in [1.807, 2.05) is 0 Å². The van der Waals surface area contributed by atoms with Crippen molar-refractivity contribution in [2.75, 3.05) is 33.9 Å². The molecule has 1 aliphatic heterocycles. The summed E-state index contributed by atoms with van der Waals surface area (Å²) in [4.78, 5) is 13.5. The van der Waals surface area contributed by atoms with Crippen LogP contribution in [0.25, 0.3) is 0 Å². The summed E-state index contributed by atoms with van der Waals surface area (Å²) < 4.78 is 9.74. The lowest BCUT2D eigenvalue weighted by molar-refractivity contribution is -0.145. The summed E-state index contributed by atoms with van der Waals surface area (Å²) in [5, 5.41) is 0. The Morgan fingerprint density at radius 1 is 1.50 bits per heavy atom. The molecule has 0 aromatic rings. The predicted octanol–water partition coefficient (Wildman–Crippen LogP) is 0.660. The lowest BCUT2D eigenvalue weighted by atomic mass is 10.2. The number of carbonyl (C=O) groups excluding carboxylic acids is 1. The molecule has 0 saturated carbocycles. The second-order valence-electron chi connectivity index (χ2n) is 3.56. The van der Waals surface area contributed by atoms with Gasteiger partial charge in [-0.2, -0.15) is 0 Å². The highest BCUT2D eigenvalue weighted by atomic mass is 16.5. The van der Waals surface area contributed by atoms with Crippen LogP contribution in [0.4, 0.5) is 0 Å². The van der Waals surface area contributed by atoms with Gasteiger partial charge in [-0.15, -0.1) is 0 Å². The van der Waals surface area contributed by atoms with E-state index in [0.717, 1.165) is 39.0 Å². The molecule has 14 heavy (non-hydrogen) atoms. The molecule has 1 atom stereocenters. The highest BCUT2D eigenvalue weighted by Gasteiger charge is 2.30. The zero-order chi connectivity index (χ0) is 10.4. The van der Waals surface area contributed by atoms with E-state index in [0.29, 0.717) is 0 Å². The molecule has 0 spiro atoms. The van der Waals surface area contributed by atoms with Gasteiger partial charge in [-0.1, -0.05) is 0 Å². The summed E-state index contributed by atoms with van der Waals surface area (Å²) in [7, 11) is 3.15. The molecule has 0 aromatic heterocycles. The molecule has 0 N–H and O–H groups in total. The van der Waals surface area contributed by atoms with Crippen molar-refractivity contribution in [3.8, 4) is 0 Å². The molecule has 0 radical (unpaired) electrons. The van der Waals surface area contributed by atoms with Gasteiger partial charge in [0, 0.05) is 20.3 Å². The van der Waals surface area contributed by atoms with E-state index in [1.54, 1.807) is 7.11 Å². The highest BCUT2D eigenvalue weighted by molar-refractivity contribution is 5.75. The minimum absolute atomic E-state index is 0.0168. The van der Waals surface area contributed by atoms with Crippen LogP contribution in [0.2, 0.25) is 0 Å². The van der Waals surface area contributed by atoms with Crippen molar-refractivity contribution in [1.82, 2.24) is 4.90 Å².